The molecule has 2 aromatic heterocycles. The van der Waals surface area contributed by atoms with E-state index in [-0.39, 0.29) is 5.78 Å². The molecule has 0 bridgehead atoms. The molecule has 3 rings (SSSR count). The second-order valence-corrected chi connectivity index (χ2v) is 5.96. The molecule has 0 aliphatic heterocycles. The Morgan fingerprint density at radius 3 is 2.68 bits per heavy atom. The fourth-order valence-corrected chi connectivity index (χ4v) is 2.53. The second kappa shape index (κ2) is 6.94. The fourth-order valence-electron chi connectivity index (χ4n) is 2.40. The molecule has 0 unspecified atom stereocenters. The van der Waals surface area contributed by atoms with Gasteiger partial charge in [0.1, 0.15) is 0 Å². The van der Waals surface area contributed by atoms with Crippen LogP contribution in [-0.4, -0.2) is 20.5 Å². The van der Waals surface area contributed by atoms with Crippen molar-refractivity contribution in [3.63, 3.8) is 0 Å². The minimum atomic E-state index is -0.214. The fraction of sp³-hybridized carbons (Fsp3) is 0.167. The van der Waals surface area contributed by atoms with Crippen molar-refractivity contribution in [3.8, 4) is 5.75 Å². The van der Waals surface area contributed by atoms with Crippen molar-refractivity contribution in [2.45, 2.75) is 20.4 Å². The summed E-state index contributed by atoms with van der Waals surface area (Å²) in [7, 11) is 0. The number of hydrogen-bond donors (Lipinski definition) is 1. The van der Waals surface area contributed by atoms with Crippen LogP contribution < -0.4 is 10.3 Å². The smallest absolute Gasteiger partial charge is 0.198 e. The van der Waals surface area contributed by atoms with Gasteiger partial charge < -0.3 is 4.84 Å². The van der Waals surface area contributed by atoms with E-state index in [0.29, 0.717) is 45.2 Å². The molecule has 7 heteroatoms. The number of fused-ring (bicyclic) bond motifs is 1. The summed E-state index contributed by atoms with van der Waals surface area (Å²) in [6.07, 6.45) is 3.14. The molecule has 3 aromatic rings. The third kappa shape index (κ3) is 3.34. The molecule has 0 aliphatic rings. The Hall–Kier alpha value is -2.86. The molecule has 0 amide bonds. The van der Waals surface area contributed by atoms with Gasteiger partial charge in [-0.05, 0) is 38.1 Å². The van der Waals surface area contributed by atoms with Gasteiger partial charge in [-0.1, -0.05) is 18.2 Å². The van der Waals surface area contributed by atoms with Crippen LogP contribution >= 0.6 is 11.6 Å². The van der Waals surface area contributed by atoms with Crippen molar-refractivity contribution in [2.75, 3.05) is 0 Å². The average Bonchev–Trinajstić information content (AvgIpc) is 3.03. The van der Waals surface area contributed by atoms with Gasteiger partial charge in [0.15, 0.2) is 17.2 Å². The van der Waals surface area contributed by atoms with E-state index < -0.39 is 0 Å². The number of carbonyl (C=O) groups is 1. The van der Waals surface area contributed by atoms with Gasteiger partial charge in [0.25, 0.3) is 0 Å². The lowest BCUT2D eigenvalue weighted by Crippen LogP contribution is -2.18. The number of nitrogens with one attached hydrogen (secondary N) is 1. The van der Waals surface area contributed by atoms with Crippen LogP contribution in [0.5, 0.6) is 5.75 Å². The lowest BCUT2D eigenvalue weighted by Gasteiger charge is -2.12. The number of hydroxylamine groups is 1. The summed E-state index contributed by atoms with van der Waals surface area (Å²) in [6.45, 7) is 8.13. The standard InChI is InChI=1S/C18H17ClN4O2/c1-4-23-18-15(10-21-23)17(25-22-11(2)3)14(9-20-18)16(24)12-5-7-13(19)8-6-12/h5-10,22H,2,4H2,1,3H3. The molecule has 1 N–H and O–H groups in total. The summed E-state index contributed by atoms with van der Waals surface area (Å²) in [5, 5.41) is 5.49. The van der Waals surface area contributed by atoms with Crippen molar-refractivity contribution in [2.24, 2.45) is 0 Å². The molecule has 1 aromatic carbocycles. The van der Waals surface area contributed by atoms with E-state index in [1.165, 1.54) is 6.20 Å². The molecular formula is C18H17ClN4O2. The van der Waals surface area contributed by atoms with Crippen LogP contribution in [0.25, 0.3) is 11.0 Å². The minimum Gasteiger partial charge on any atom is -0.381 e. The highest BCUT2D eigenvalue weighted by molar-refractivity contribution is 6.30. The number of hydrogen-bond acceptors (Lipinski definition) is 5. The third-order valence-electron chi connectivity index (χ3n) is 3.59. The molecule has 128 valence electrons. The topological polar surface area (TPSA) is 69.0 Å². The number of aryl methyl sites for hydroxylation is 1. The molecule has 0 aliphatic carbocycles. The van der Waals surface area contributed by atoms with E-state index >= 15 is 0 Å². The molecule has 0 saturated carbocycles. The van der Waals surface area contributed by atoms with Gasteiger partial charge >= 0.3 is 0 Å². The van der Waals surface area contributed by atoms with Gasteiger partial charge in [0.2, 0.25) is 0 Å². The number of ketones is 1. The Kier molecular flexibility index (Phi) is 4.72. The number of carbonyl (C=O) groups excluding carboxylic acids is 1. The van der Waals surface area contributed by atoms with E-state index in [1.807, 2.05) is 6.92 Å². The molecular weight excluding hydrogens is 340 g/mol. The van der Waals surface area contributed by atoms with Crippen LogP contribution in [-0.2, 0) is 6.54 Å². The number of benzene rings is 1. The largest absolute Gasteiger partial charge is 0.381 e. The summed E-state index contributed by atoms with van der Waals surface area (Å²) >= 11 is 5.90. The number of allylic oxidation sites excluding steroid dienone is 1. The molecule has 6 nitrogen and oxygen atoms in total. The van der Waals surface area contributed by atoms with Gasteiger partial charge in [-0.25, -0.2) is 15.1 Å². The minimum absolute atomic E-state index is 0.214. The molecule has 0 spiro atoms. The van der Waals surface area contributed by atoms with Crippen molar-refractivity contribution < 1.29 is 9.63 Å². The van der Waals surface area contributed by atoms with E-state index in [2.05, 4.69) is 22.1 Å². The highest BCUT2D eigenvalue weighted by Crippen LogP contribution is 2.30. The van der Waals surface area contributed by atoms with E-state index in [0.717, 1.165) is 0 Å². The Balaban J connectivity index is 2.12. The summed E-state index contributed by atoms with van der Waals surface area (Å²) < 4.78 is 1.74. The maximum absolute atomic E-state index is 12.9. The monoisotopic (exact) mass is 356 g/mol. The zero-order valence-electron chi connectivity index (χ0n) is 13.9. The highest BCUT2D eigenvalue weighted by atomic mass is 35.5. The Bertz CT molecular complexity index is 948. The summed E-state index contributed by atoms with van der Waals surface area (Å²) in [5.74, 6) is 0.154. The quantitative estimate of drug-likeness (QED) is 0.538. The Labute approximate surface area is 150 Å². The molecule has 25 heavy (non-hydrogen) atoms. The number of nitrogens with zero attached hydrogens (tertiary/aromatic N) is 3. The van der Waals surface area contributed by atoms with Crippen molar-refractivity contribution in [3.05, 3.63) is 65.1 Å². The second-order valence-electron chi connectivity index (χ2n) is 5.52. The van der Waals surface area contributed by atoms with Gasteiger partial charge in [0, 0.05) is 29.0 Å². The molecule has 0 saturated heterocycles. The number of aromatic nitrogens is 3. The summed E-state index contributed by atoms with van der Waals surface area (Å²) in [4.78, 5) is 22.9. The molecule has 0 atom stereocenters. The predicted molar refractivity (Wildman–Crippen MR) is 96.7 cm³/mol. The van der Waals surface area contributed by atoms with Crippen LogP contribution in [0.15, 0.2) is 48.9 Å². The first-order valence-corrected chi connectivity index (χ1v) is 8.12. The van der Waals surface area contributed by atoms with Gasteiger partial charge in [-0.3, -0.25) is 4.79 Å². The maximum atomic E-state index is 12.9. The van der Waals surface area contributed by atoms with Crippen LogP contribution in [0.1, 0.15) is 29.8 Å². The lowest BCUT2D eigenvalue weighted by molar-refractivity contribution is 0.103. The highest BCUT2D eigenvalue weighted by Gasteiger charge is 2.21. The van der Waals surface area contributed by atoms with Crippen molar-refractivity contribution in [1.82, 2.24) is 20.2 Å². The molecule has 0 fully saturated rings. The first-order valence-electron chi connectivity index (χ1n) is 7.74. The number of rotatable bonds is 6. The van der Waals surface area contributed by atoms with Crippen LogP contribution in [0, 0.1) is 0 Å². The first-order chi connectivity index (χ1) is 12.0. The van der Waals surface area contributed by atoms with Gasteiger partial charge in [-0.2, -0.15) is 5.10 Å². The zero-order chi connectivity index (χ0) is 18.0. The van der Waals surface area contributed by atoms with E-state index in [9.17, 15) is 4.79 Å². The van der Waals surface area contributed by atoms with Gasteiger partial charge in [0.05, 0.1) is 17.1 Å². The zero-order valence-corrected chi connectivity index (χ0v) is 14.7. The predicted octanol–water partition coefficient (Wildman–Crippen LogP) is 3.75. The SMILES string of the molecule is C=C(C)NOc1c(C(=O)c2ccc(Cl)cc2)cnc2c1cnn2CC. The normalized spacial score (nSPS) is 10.7. The van der Waals surface area contributed by atoms with E-state index in [4.69, 9.17) is 16.4 Å². The van der Waals surface area contributed by atoms with Crippen LogP contribution in [0.4, 0.5) is 0 Å². The third-order valence-corrected chi connectivity index (χ3v) is 3.85. The van der Waals surface area contributed by atoms with Gasteiger partial charge in [-0.15, -0.1) is 0 Å². The maximum Gasteiger partial charge on any atom is 0.198 e. The summed E-state index contributed by atoms with van der Waals surface area (Å²) in [6, 6.07) is 6.67. The molecule has 0 radical (unpaired) electrons. The Morgan fingerprint density at radius 2 is 2.04 bits per heavy atom. The van der Waals surface area contributed by atoms with Crippen LogP contribution in [0.2, 0.25) is 5.02 Å². The number of halogens is 1. The van der Waals surface area contributed by atoms with Crippen LogP contribution in [0.3, 0.4) is 0 Å². The summed E-state index contributed by atoms with van der Waals surface area (Å²) in [5.41, 5.74) is 4.79. The number of pyridine rings is 1. The first kappa shape index (κ1) is 17.0. The Morgan fingerprint density at radius 1 is 1.32 bits per heavy atom. The average molecular weight is 357 g/mol. The van der Waals surface area contributed by atoms with E-state index in [1.54, 1.807) is 42.1 Å². The van der Waals surface area contributed by atoms with Crippen molar-refractivity contribution >= 4 is 28.4 Å². The molecule has 2 heterocycles. The van der Waals surface area contributed by atoms with Crippen molar-refractivity contribution in [1.29, 1.82) is 0 Å². The lowest BCUT2D eigenvalue weighted by atomic mass is 10.0.